The summed E-state index contributed by atoms with van der Waals surface area (Å²) in [6, 6.07) is 0. The van der Waals surface area contributed by atoms with Crippen molar-refractivity contribution in [3.8, 4) is 0 Å². The third kappa shape index (κ3) is 6.55. The van der Waals surface area contributed by atoms with E-state index >= 15 is 0 Å². The zero-order chi connectivity index (χ0) is 12.6. The van der Waals surface area contributed by atoms with Crippen LogP contribution in [-0.2, 0) is 4.79 Å². The molecular weight excluding hydrogens is 192 g/mol. The number of carbonyl (C=O) groups is 1. The predicted molar refractivity (Wildman–Crippen MR) is 62.8 cm³/mol. The first-order valence-corrected chi connectivity index (χ1v) is 4.88. The molecule has 0 atom stereocenters. The summed E-state index contributed by atoms with van der Waals surface area (Å²) in [4.78, 5) is 10.6. The highest BCUT2D eigenvalue weighted by Crippen LogP contribution is 2.14. The van der Waals surface area contributed by atoms with Crippen LogP contribution in [0, 0.1) is 5.92 Å². The SMILES string of the molecule is C=C(O)/C(=C\C(=C)C(C)C)C(=O)O.CC. The van der Waals surface area contributed by atoms with Crippen LogP contribution in [0.15, 0.2) is 36.1 Å². The number of carboxylic acid groups (broad SMARTS) is 1. The standard InChI is InChI=1S/C10H14O3.C2H6/c1-6(2)7(3)5-9(8(4)11)10(12)13;1-2/h5-6,11H,3-4H2,1-2H3,(H,12,13);1-2H3/b9-5+;. The van der Waals surface area contributed by atoms with Crippen LogP contribution in [0.3, 0.4) is 0 Å². The Morgan fingerprint density at radius 1 is 1.20 bits per heavy atom. The van der Waals surface area contributed by atoms with E-state index < -0.39 is 11.7 Å². The van der Waals surface area contributed by atoms with Crippen molar-refractivity contribution in [3.63, 3.8) is 0 Å². The summed E-state index contributed by atoms with van der Waals surface area (Å²) in [5.41, 5.74) is 0.436. The van der Waals surface area contributed by atoms with E-state index in [4.69, 9.17) is 10.2 Å². The lowest BCUT2D eigenvalue weighted by molar-refractivity contribution is -0.132. The van der Waals surface area contributed by atoms with Crippen LogP contribution in [-0.4, -0.2) is 16.2 Å². The van der Waals surface area contributed by atoms with E-state index in [1.807, 2.05) is 27.7 Å². The van der Waals surface area contributed by atoms with Gasteiger partial charge in [-0.25, -0.2) is 4.79 Å². The summed E-state index contributed by atoms with van der Waals surface area (Å²) in [5, 5.41) is 17.6. The van der Waals surface area contributed by atoms with Crippen molar-refractivity contribution >= 4 is 5.97 Å². The lowest BCUT2D eigenvalue weighted by Gasteiger charge is -2.05. The first-order valence-electron chi connectivity index (χ1n) is 4.88. The third-order valence-electron chi connectivity index (χ3n) is 1.61. The molecule has 86 valence electrons. The zero-order valence-corrected chi connectivity index (χ0v) is 9.87. The van der Waals surface area contributed by atoms with E-state index in [0.717, 1.165) is 0 Å². The van der Waals surface area contributed by atoms with Crippen molar-refractivity contribution in [2.45, 2.75) is 27.7 Å². The highest BCUT2D eigenvalue weighted by molar-refractivity contribution is 5.91. The molecule has 0 aromatic heterocycles. The molecule has 0 amide bonds. The van der Waals surface area contributed by atoms with Crippen molar-refractivity contribution in [1.82, 2.24) is 0 Å². The van der Waals surface area contributed by atoms with Crippen LogP contribution in [0.2, 0.25) is 0 Å². The summed E-state index contributed by atoms with van der Waals surface area (Å²) in [6.45, 7) is 14.6. The second kappa shape index (κ2) is 7.85. The Labute approximate surface area is 91.4 Å². The zero-order valence-electron chi connectivity index (χ0n) is 9.87. The maximum Gasteiger partial charge on any atom is 0.339 e. The number of carboxylic acids is 1. The number of hydrogen-bond acceptors (Lipinski definition) is 2. The number of rotatable bonds is 4. The third-order valence-corrected chi connectivity index (χ3v) is 1.61. The summed E-state index contributed by atoms with van der Waals surface area (Å²) in [7, 11) is 0. The molecule has 0 radical (unpaired) electrons. The maximum absolute atomic E-state index is 10.6. The number of hydrogen-bond donors (Lipinski definition) is 2. The summed E-state index contributed by atoms with van der Waals surface area (Å²) in [6.07, 6.45) is 1.33. The Kier molecular flexibility index (Phi) is 8.35. The minimum absolute atomic E-state index is 0.147. The Morgan fingerprint density at radius 3 is 1.80 bits per heavy atom. The molecule has 0 unspecified atom stereocenters. The molecule has 3 heteroatoms. The van der Waals surface area contributed by atoms with Gasteiger partial charge < -0.3 is 10.2 Å². The van der Waals surface area contributed by atoms with Crippen LogP contribution in [0.25, 0.3) is 0 Å². The Bertz CT molecular complexity index is 257. The van der Waals surface area contributed by atoms with Crippen LogP contribution in [0.5, 0.6) is 0 Å². The number of aliphatic hydroxyl groups is 1. The van der Waals surface area contributed by atoms with E-state index in [9.17, 15) is 4.79 Å². The highest BCUT2D eigenvalue weighted by Gasteiger charge is 2.11. The van der Waals surface area contributed by atoms with Crippen molar-refractivity contribution < 1.29 is 15.0 Å². The molecule has 0 rings (SSSR count). The van der Waals surface area contributed by atoms with Crippen molar-refractivity contribution in [1.29, 1.82) is 0 Å². The van der Waals surface area contributed by atoms with Gasteiger partial charge in [0.2, 0.25) is 0 Å². The minimum atomic E-state index is -1.20. The molecule has 2 N–H and O–H groups in total. The molecule has 0 bridgehead atoms. The molecule has 3 nitrogen and oxygen atoms in total. The second-order valence-electron chi connectivity index (χ2n) is 3.04. The molecule has 0 aliphatic carbocycles. The Balaban J connectivity index is 0. The highest BCUT2D eigenvalue weighted by atomic mass is 16.4. The number of allylic oxidation sites excluding steroid dienone is 2. The van der Waals surface area contributed by atoms with E-state index in [0.29, 0.717) is 5.57 Å². The van der Waals surface area contributed by atoms with Gasteiger partial charge in [0, 0.05) is 0 Å². The van der Waals surface area contributed by atoms with Gasteiger partial charge >= 0.3 is 5.97 Å². The van der Waals surface area contributed by atoms with Gasteiger partial charge in [0.1, 0.15) is 11.3 Å². The first-order chi connectivity index (χ1) is 6.86. The predicted octanol–water partition coefficient (Wildman–Crippen LogP) is 3.31. The monoisotopic (exact) mass is 212 g/mol. The molecule has 0 saturated carbocycles. The first kappa shape index (κ1) is 15.9. The van der Waals surface area contributed by atoms with Gasteiger partial charge in [-0.2, -0.15) is 0 Å². The fraction of sp³-hybridized carbons (Fsp3) is 0.417. The van der Waals surface area contributed by atoms with Crippen LogP contribution < -0.4 is 0 Å². The lowest BCUT2D eigenvalue weighted by atomic mass is 10.0. The fourth-order valence-corrected chi connectivity index (χ4v) is 0.621. The quantitative estimate of drug-likeness (QED) is 0.427. The average Bonchev–Trinajstić information content (AvgIpc) is 2.15. The van der Waals surface area contributed by atoms with Crippen molar-refractivity contribution in [3.05, 3.63) is 36.1 Å². The topological polar surface area (TPSA) is 57.5 Å². The summed E-state index contributed by atoms with van der Waals surface area (Å²) < 4.78 is 0. The fourth-order valence-electron chi connectivity index (χ4n) is 0.621. The Hall–Kier alpha value is -1.51. The maximum atomic E-state index is 10.6. The van der Waals surface area contributed by atoms with Gasteiger partial charge in [-0.05, 0) is 12.0 Å². The van der Waals surface area contributed by atoms with Gasteiger partial charge in [-0.15, -0.1) is 0 Å². The average molecular weight is 212 g/mol. The van der Waals surface area contributed by atoms with E-state index in [1.54, 1.807) is 0 Å². The van der Waals surface area contributed by atoms with Gasteiger partial charge in [0.05, 0.1) is 0 Å². The van der Waals surface area contributed by atoms with Gasteiger partial charge in [0.25, 0.3) is 0 Å². The molecule has 0 saturated heterocycles. The minimum Gasteiger partial charge on any atom is -0.508 e. The molecule has 0 fully saturated rings. The van der Waals surface area contributed by atoms with Gasteiger partial charge in [-0.3, -0.25) is 0 Å². The molecule has 15 heavy (non-hydrogen) atoms. The molecule has 0 aromatic carbocycles. The summed E-state index contributed by atoms with van der Waals surface area (Å²) >= 11 is 0. The molecule has 0 aliphatic rings. The van der Waals surface area contributed by atoms with E-state index in [2.05, 4.69) is 13.2 Å². The Morgan fingerprint density at radius 2 is 1.60 bits per heavy atom. The van der Waals surface area contributed by atoms with E-state index in [-0.39, 0.29) is 11.5 Å². The normalized spacial score (nSPS) is 10.3. The van der Waals surface area contributed by atoms with Gasteiger partial charge in [0.15, 0.2) is 0 Å². The molecule has 0 heterocycles. The smallest absolute Gasteiger partial charge is 0.339 e. The van der Waals surface area contributed by atoms with Gasteiger partial charge in [-0.1, -0.05) is 46.4 Å². The molecular formula is C12H20O3. The lowest BCUT2D eigenvalue weighted by Crippen LogP contribution is -2.04. The number of aliphatic hydroxyl groups excluding tert-OH is 1. The summed E-state index contributed by atoms with van der Waals surface area (Å²) in [5.74, 6) is -1.50. The molecule has 0 aliphatic heterocycles. The van der Waals surface area contributed by atoms with Crippen molar-refractivity contribution in [2.24, 2.45) is 5.92 Å². The van der Waals surface area contributed by atoms with E-state index in [1.165, 1.54) is 6.08 Å². The molecule has 0 spiro atoms. The largest absolute Gasteiger partial charge is 0.508 e. The van der Waals surface area contributed by atoms with Crippen LogP contribution in [0.1, 0.15) is 27.7 Å². The van der Waals surface area contributed by atoms with Crippen molar-refractivity contribution in [2.75, 3.05) is 0 Å². The second-order valence-corrected chi connectivity index (χ2v) is 3.04. The number of aliphatic carboxylic acids is 1. The van der Waals surface area contributed by atoms with Crippen LogP contribution >= 0.6 is 0 Å². The van der Waals surface area contributed by atoms with Crippen LogP contribution in [0.4, 0.5) is 0 Å². The molecule has 0 aromatic rings.